The predicted molar refractivity (Wildman–Crippen MR) is 69.0 cm³/mol. The molecule has 2 aromatic heterocycles. The predicted octanol–water partition coefficient (Wildman–Crippen LogP) is 2.03. The minimum atomic E-state index is -0.218. The second-order valence-corrected chi connectivity index (χ2v) is 4.19. The maximum atomic E-state index is 11.1. The van der Waals surface area contributed by atoms with Gasteiger partial charge in [-0.15, -0.1) is 0 Å². The van der Waals surface area contributed by atoms with Gasteiger partial charge in [0.2, 0.25) is 5.91 Å². The quantitative estimate of drug-likeness (QED) is 0.777. The molecule has 2 aromatic rings. The molecule has 2 rings (SSSR count). The van der Waals surface area contributed by atoms with E-state index in [1.165, 1.54) is 6.92 Å². The molecule has 0 aromatic carbocycles. The molecule has 0 aliphatic rings. The lowest BCUT2D eigenvalue weighted by Crippen LogP contribution is -2.21. The highest BCUT2D eigenvalue weighted by atomic mass is 35.5. The maximum absolute atomic E-state index is 11.1. The van der Waals surface area contributed by atoms with E-state index in [9.17, 15) is 4.79 Å². The van der Waals surface area contributed by atoms with E-state index in [1.54, 1.807) is 18.3 Å². The number of nitrogens with zero attached hydrogens (tertiary/aromatic N) is 3. The molecule has 18 heavy (non-hydrogen) atoms. The summed E-state index contributed by atoms with van der Waals surface area (Å²) >= 11 is 5.73. The van der Waals surface area contributed by atoms with Gasteiger partial charge in [-0.3, -0.25) is 4.79 Å². The second kappa shape index (κ2) is 5.60. The van der Waals surface area contributed by atoms with E-state index in [0.717, 1.165) is 5.56 Å². The highest BCUT2D eigenvalue weighted by Gasteiger charge is 1.98. The van der Waals surface area contributed by atoms with Crippen molar-refractivity contribution < 1.29 is 4.79 Å². The van der Waals surface area contributed by atoms with Crippen molar-refractivity contribution in [3.05, 3.63) is 58.9 Å². The molecule has 5 heteroatoms. The number of amides is 1. The van der Waals surface area contributed by atoms with Crippen molar-refractivity contribution in [2.75, 3.05) is 0 Å². The largest absolute Gasteiger partial charge is 0.328 e. The molecule has 0 spiro atoms. The number of halogens is 1. The van der Waals surface area contributed by atoms with Crippen LogP contribution in [-0.2, 0) is 11.3 Å². The molecule has 4 nitrogen and oxygen atoms in total. The third-order valence-corrected chi connectivity index (χ3v) is 2.55. The summed E-state index contributed by atoms with van der Waals surface area (Å²) in [5.74, 6) is -0.218. The number of carbonyl (C=O) groups is 1. The van der Waals surface area contributed by atoms with Crippen LogP contribution < -0.4 is 5.49 Å². The summed E-state index contributed by atoms with van der Waals surface area (Å²) in [6.45, 7) is 2.03. The van der Waals surface area contributed by atoms with Gasteiger partial charge in [-0.25, -0.2) is 4.98 Å². The number of hydrogen-bond donors (Lipinski definition) is 0. The van der Waals surface area contributed by atoms with Crippen molar-refractivity contribution >= 4 is 17.5 Å². The van der Waals surface area contributed by atoms with Gasteiger partial charge in [0.25, 0.3) is 0 Å². The average Bonchev–Trinajstić information content (AvgIpc) is 2.34. The van der Waals surface area contributed by atoms with E-state index in [2.05, 4.69) is 9.98 Å². The Morgan fingerprint density at radius 1 is 1.39 bits per heavy atom. The van der Waals surface area contributed by atoms with Crippen molar-refractivity contribution in [3.63, 3.8) is 0 Å². The van der Waals surface area contributed by atoms with Crippen molar-refractivity contribution in [2.24, 2.45) is 4.99 Å². The fourth-order valence-corrected chi connectivity index (χ4v) is 1.67. The molecule has 0 atom stereocenters. The highest BCUT2D eigenvalue weighted by molar-refractivity contribution is 6.29. The summed E-state index contributed by atoms with van der Waals surface area (Å²) in [4.78, 5) is 19.0. The Labute approximate surface area is 110 Å². The van der Waals surface area contributed by atoms with E-state index in [0.29, 0.717) is 17.2 Å². The zero-order chi connectivity index (χ0) is 13.0. The zero-order valence-corrected chi connectivity index (χ0v) is 10.6. The molecule has 2 heterocycles. The van der Waals surface area contributed by atoms with Gasteiger partial charge in [0.1, 0.15) is 10.6 Å². The SMILES string of the molecule is CC(=O)/N=c1\ccccn1Cc1ccc(Cl)nc1. The lowest BCUT2D eigenvalue weighted by molar-refractivity contribution is -0.116. The topological polar surface area (TPSA) is 47.2 Å². The lowest BCUT2D eigenvalue weighted by atomic mass is 10.3. The molecular formula is C13H12ClN3O. The Morgan fingerprint density at radius 2 is 2.22 bits per heavy atom. The van der Waals surface area contributed by atoms with Crippen LogP contribution in [-0.4, -0.2) is 15.5 Å². The van der Waals surface area contributed by atoms with Crippen molar-refractivity contribution in [1.82, 2.24) is 9.55 Å². The standard InChI is InChI=1S/C13H12ClN3O/c1-10(18)16-13-4-2-3-7-17(13)9-11-5-6-12(14)15-8-11/h2-8H,9H2,1H3/b16-13+. The van der Waals surface area contributed by atoms with Crippen LogP contribution >= 0.6 is 11.6 Å². The summed E-state index contributed by atoms with van der Waals surface area (Å²) in [6, 6.07) is 9.17. The van der Waals surface area contributed by atoms with Gasteiger partial charge in [0.05, 0.1) is 6.54 Å². The molecule has 0 saturated heterocycles. The second-order valence-electron chi connectivity index (χ2n) is 3.81. The Balaban J connectivity index is 2.35. The van der Waals surface area contributed by atoms with Gasteiger partial charge in [0, 0.05) is 19.3 Å². The first-order valence-electron chi connectivity index (χ1n) is 5.46. The van der Waals surface area contributed by atoms with Crippen molar-refractivity contribution in [1.29, 1.82) is 0 Å². The smallest absolute Gasteiger partial charge is 0.244 e. The number of aromatic nitrogens is 2. The number of rotatable bonds is 2. The van der Waals surface area contributed by atoms with Gasteiger partial charge < -0.3 is 4.57 Å². The maximum Gasteiger partial charge on any atom is 0.244 e. The van der Waals surface area contributed by atoms with Crippen LogP contribution in [0, 0.1) is 0 Å². The van der Waals surface area contributed by atoms with Crippen LogP contribution in [0.1, 0.15) is 12.5 Å². The third-order valence-electron chi connectivity index (χ3n) is 2.33. The average molecular weight is 262 g/mol. The molecule has 1 amide bonds. The van der Waals surface area contributed by atoms with Gasteiger partial charge >= 0.3 is 0 Å². The molecular weight excluding hydrogens is 250 g/mol. The Morgan fingerprint density at radius 3 is 2.89 bits per heavy atom. The van der Waals surface area contributed by atoms with Gasteiger partial charge in [-0.2, -0.15) is 4.99 Å². The molecule has 0 unspecified atom stereocenters. The Kier molecular flexibility index (Phi) is 3.89. The van der Waals surface area contributed by atoms with Crippen molar-refractivity contribution in [2.45, 2.75) is 13.5 Å². The van der Waals surface area contributed by atoms with Crippen LogP contribution in [0.2, 0.25) is 5.15 Å². The molecule has 0 bridgehead atoms. The molecule has 0 aliphatic carbocycles. The normalized spacial score (nSPS) is 11.6. The first kappa shape index (κ1) is 12.5. The monoisotopic (exact) mass is 261 g/mol. The Hall–Kier alpha value is -1.94. The van der Waals surface area contributed by atoms with Gasteiger partial charge in [0.15, 0.2) is 0 Å². The minimum absolute atomic E-state index is 0.218. The fourth-order valence-electron chi connectivity index (χ4n) is 1.56. The first-order chi connectivity index (χ1) is 8.65. The van der Waals surface area contributed by atoms with E-state index < -0.39 is 0 Å². The fraction of sp³-hybridized carbons (Fsp3) is 0.154. The van der Waals surface area contributed by atoms with Crippen molar-refractivity contribution in [3.8, 4) is 0 Å². The minimum Gasteiger partial charge on any atom is -0.328 e. The summed E-state index contributed by atoms with van der Waals surface area (Å²) in [6.07, 6.45) is 3.58. The third kappa shape index (κ3) is 3.28. The highest BCUT2D eigenvalue weighted by Crippen LogP contribution is 2.05. The summed E-state index contributed by atoms with van der Waals surface area (Å²) < 4.78 is 1.88. The van der Waals surface area contributed by atoms with Crippen LogP contribution in [0.25, 0.3) is 0 Å². The lowest BCUT2D eigenvalue weighted by Gasteiger charge is -2.06. The van der Waals surface area contributed by atoms with Crippen LogP contribution in [0.4, 0.5) is 0 Å². The summed E-state index contributed by atoms with van der Waals surface area (Å²) in [5, 5.41) is 0.463. The first-order valence-corrected chi connectivity index (χ1v) is 5.84. The Bertz CT molecular complexity index is 617. The van der Waals surface area contributed by atoms with E-state index in [-0.39, 0.29) is 5.91 Å². The summed E-state index contributed by atoms with van der Waals surface area (Å²) in [5.41, 5.74) is 1.62. The van der Waals surface area contributed by atoms with E-state index in [4.69, 9.17) is 11.6 Å². The molecule has 0 aliphatic heterocycles. The molecule has 0 fully saturated rings. The molecule has 0 radical (unpaired) electrons. The van der Waals surface area contributed by atoms with E-state index >= 15 is 0 Å². The number of carbonyl (C=O) groups excluding carboxylic acids is 1. The van der Waals surface area contributed by atoms with E-state index in [1.807, 2.05) is 29.0 Å². The number of hydrogen-bond acceptors (Lipinski definition) is 2. The van der Waals surface area contributed by atoms with Crippen LogP contribution in [0.3, 0.4) is 0 Å². The molecule has 0 N–H and O–H groups in total. The number of pyridine rings is 2. The van der Waals surface area contributed by atoms with Gasteiger partial charge in [-0.05, 0) is 23.8 Å². The van der Waals surface area contributed by atoms with Crippen LogP contribution in [0.15, 0.2) is 47.7 Å². The molecule has 0 saturated carbocycles. The summed E-state index contributed by atoms with van der Waals surface area (Å²) in [7, 11) is 0. The van der Waals surface area contributed by atoms with Gasteiger partial charge in [-0.1, -0.05) is 23.7 Å². The van der Waals surface area contributed by atoms with Crippen LogP contribution in [0.5, 0.6) is 0 Å². The zero-order valence-electron chi connectivity index (χ0n) is 9.88. The molecule has 92 valence electrons.